The Balaban J connectivity index is 2.36. The third kappa shape index (κ3) is 4.80. The number of aliphatic carboxylic acids is 1. The molecule has 1 fully saturated rings. The van der Waals surface area contributed by atoms with Crippen molar-refractivity contribution >= 4 is 11.9 Å². The third-order valence-electron chi connectivity index (χ3n) is 3.74. The standard InChI is InChI=1S/C13H24N2O4/c1-3-9(2)12(14)13(18)15-6-4-10(5-7-15)19-8-11(16)17/h9-10,12H,3-8,14H2,1-2H3,(H,16,17). The number of nitrogens with two attached hydrogens (primary N) is 1. The van der Waals surface area contributed by atoms with Crippen LogP contribution in [0.5, 0.6) is 0 Å². The van der Waals surface area contributed by atoms with E-state index in [1.807, 2.05) is 13.8 Å². The predicted octanol–water partition coefficient (Wildman–Crippen LogP) is 0.452. The molecule has 0 radical (unpaired) electrons. The SMILES string of the molecule is CCC(C)C(N)C(=O)N1CCC(OCC(=O)O)CC1. The molecule has 6 nitrogen and oxygen atoms in total. The summed E-state index contributed by atoms with van der Waals surface area (Å²) in [5.74, 6) is -0.795. The molecule has 0 spiro atoms. The first-order chi connectivity index (χ1) is 8.95. The molecule has 0 aliphatic carbocycles. The molecule has 19 heavy (non-hydrogen) atoms. The van der Waals surface area contributed by atoms with Crippen LogP contribution in [0.4, 0.5) is 0 Å². The number of carboxylic acid groups (broad SMARTS) is 1. The Kier molecular flexibility index (Phi) is 6.24. The molecule has 3 N–H and O–H groups in total. The maximum absolute atomic E-state index is 12.1. The van der Waals surface area contributed by atoms with Crippen molar-refractivity contribution in [3.05, 3.63) is 0 Å². The van der Waals surface area contributed by atoms with Gasteiger partial charge in [0.2, 0.25) is 5.91 Å². The van der Waals surface area contributed by atoms with Gasteiger partial charge in [-0.2, -0.15) is 0 Å². The maximum atomic E-state index is 12.1. The molecule has 0 aromatic heterocycles. The smallest absolute Gasteiger partial charge is 0.329 e. The fraction of sp³-hybridized carbons (Fsp3) is 0.846. The van der Waals surface area contributed by atoms with Gasteiger partial charge in [-0.3, -0.25) is 4.79 Å². The summed E-state index contributed by atoms with van der Waals surface area (Å²) in [5.41, 5.74) is 5.93. The topological polar surface area (TPSA) is 92.9 Å². The maximum Gasteiger partial charge on any atom is 0.329 e. The average Bonchev–Trinajstić information content (AvgIpc) is 2.43. The largest absolute Gasteiger partial charge is 0.480 e. The van der Waals surface area contributed by atoms with E-state index in [0.29, 0.717) is 25.9 Å². The number of ether oxygens (including phenoxy) is 1. The molecule has 2 atom stereocenters. The first-order valence-electron chi connectivity index (χ1n) is 6.83. The fourth-order valence-electron chi connectivity index (χ4n) is 2.14. The molecule has 0 aromatic carbocycles. The lowest BCUT2D eigenvalue weighted by atomic mass is 9.97. The molecular formula is C13H24N2O4. The molecule has 0 saturated carbocycles. The number of carboxylic acids is 1. The Morgan fingerprint density at radius 1 is 1.42 bits per heavy atom. The molecule has 2 unspecified atom stereocenters. The van der Waals surface area contributed by atoms with Gasteiger partial charge in [-0.15, -0.1) is 0 Å². The van der Waals surface area contributed by atoms with Gasteiger partial charge >= 0.3 is 5.97 Å². The molecule has 0 bridgehead atoms. The summed E-state index contributed by atoms with van der Waals surface area (Å²) in [7, 11) is 0. The number of hydrogen-bond acceptors (Lipinski definition) is 4. The lowest BCUT2D eigenvalue weighted by Gasteiger charge is -2.34. The van der Waals surface area contributed by atoms with Gasteiger partial charge in [-0.05, 0) is 18.8 Å². The van der Waals surface area contributed by atoms with Crippen LogP contribution in [-0.4, -0.2) is 53.7 Å². The van der Waals surface area contributed by atoms with Crippen LogP contribution in [0, 0.1) is 5.92 Å². The molecule has 1 saturated heterocycles. The molecule has 1 aliphatic heterocycles. The van der Waals surface area contributed by atoms with Crippen LogP contribution in [0.15, 0.2) is 0 Å². The first kappa shape index (κ1) is 15.9. The van der Waals surface area contributed by atoms with Gasteiger partial charge < -0.3 is 20.5 Å². The Labute approximate surface area is 113 Å². The summed E-state index contributed by atoms with van der Waals surface area (Å²) in [5, 5.41) is 8.54. The second-order valence-electron chi connectivity index (χ2n) is 5.14. The van der Waals surface area contributed by atoms with Crippen molar-refractivity contribution < 1.29 is 19.4 Å². The van der Waals surface area contributed by atoms with Crippen LogP contribution < -0.4 is 5.73 Å². The van der Waals surface area contributed by atoms with Crippen molar-refractivity contribution in [3.8, 4) is 0 Å². The minimum Gasteiger partial charge on any atom is -0.480 e. The molecule has 1 aliphatic rings. The van der Waals surface area contributed by atoms with Crippen LogP contribution in [-0.2, 0) is 14.3 Å². The zero-order chi connectivity index (χ0) is 14.4. The zero-order valence-electron chi connectivity index (χ0n) is 11.7. The van der Waals surface area contributed by atoms with E-state index < -0.39 is 12.0 Å². The zero-order valence-corrected chi connectivity index (χ0v) is 11.7. The number of piperidine rings is 1. The van der Waals surface area contributed by atoms with Gasteiger partial charge in [-0.1, -0.05) is 20.3 Å². The second-order valence-corrected chi connectivity index (χ2v) is 5.14. The van der Waals surface area contributed by atoms with E-state index in [9.17, 15) is 9.59 Å². The van der Waals surface area contributed by atoms with Crippen molar-refractivity contribution in [1.29, 1.82) is 0 Å². The molecule has 1 amide bonds. The van der Waals surface area contributed by atoms with Gasteiger partial charge in [0, 0.05) is 13.1 Å². The van der Waals surface area contributed by atoms with Crippen LogP contribution in [0.2, 0.25) is 0 Å². The van der Waals surface area contributed by atoms with E-state index in [0.717, 1.165) is 6.42 Å². The molecule has 1 rings (SSSR count). The minimum atomic E-state index is -0.961. The van der Waals surface area contributed by atoms with Gasteiger partial charge in [0.05, 0.1) is 12.1 Å². The number of carbonyl (C=O) groups is 2. The quantitative estimate of drug-likeness (QED) is 0.732. The Morgan fingerprint density at radius 3 is 2.47 bits per heavy atom. The van der Waals surface area contributed by atoms with E-state index >= 15 is 0 Å². The monoisotopic (exact) mass is 272 g/mol. The summed E-state index contributed by atoms with van der Waals surface area (Å²) >= 11 is 0. The summed E-state index contributed by atoms with van der Waals surface area (Å²) in [6.45, 7) is 4.90. The number of nitrogens with zero attached hydrogens (tertiary/aromatic N) is 1. The lowest BCUT2D eigenvalue weighted by molar-refractivity contribution is -0.147. The van der Waals surface area contributed by atoms with E-state index in [-0.39, 0.29) is 24.5 Å². The normalized spacial score (nSPS) is 20.1. The number of likely N-dealkylation sites (tertiary alicyclic amines) is 1. The van der Waals surface area contributed by atoms with Gasteiger partial charge in [0.25, 0.3) is 0 Å². The first-order valence-corrected chi connectivity index (χ1v) is 6.83. The molecule has 1 heterocycles. The average molecular weight is 272 g/mol. The highest BCUT2D eigenvalue weighted by Gasteiger charge is 2.28. The predicted molar refractivity (Wildman–Crippen MR) is 70.6 cm³/mol. The summed E-state index contributed by atoms with van der Waals surface area (Å²) < 4.78 is 5.23. The highest BCUT2D eigenvalue weighted by Crippen LogP contribution is 2.16. The van der Waals surface area contributed by atoms with E-state index in [4.69, 9.17) is 15.6 Å². The molecule has 110 valence electrons. The van der Waals surface area contributed by atoms with Crippen molar-refractivity contribution in [2.75, 3.05) is 19.7 Å². The van der Waals surface area contributed by atoms with E-state index in [2.05, 4.69) is 0 Å². The van der Waals surface area contributed by atoms with Gasteiger partial charge in [0.15, 0.2) is 0 Å². The Bertz CT molecular complexity index is 314. The van der Waals surface area contributed by atoms with Crippen LogP contribution in [0.1, 0.15) is 33.1 Å². The molecule has 6 heteroatoms. The highest BCUT2D eigenvalue weighted by atomic mass is 16.5. The number of amides is 1. The van der Waals surface area contributed by atoms with E-state index in [1.54, 1.807) is 4.90 Å². The van der Waals surface area contributed by atoms with Crippen LogP contribution >= 0.6 is 0 Å². The van der Waals surface area contributed by atoms with Gasteiger partial charge in [0.1, 0.15) is 6.61 Å². The summed E-state index contributed by atoms with van der Waals surface area (Å²) in [4.78, 5) is 24.3. The van der Waals surface area contributed by atoms with Crippen molar-refractivity contribution in [2.45, 2.75) is 45.3 Å². The van der Waals surface area contributed by atoms with Gasteiger partial charge in [-0.25, -0.2) is 4.79 Å². The minimum absolute atomic E-state index is 0.00830. The number of rotatable bonds is 6. The Morgan fingerprint density at radius 2 is 2.00 bits per heavy atom. The Hall–Kier alpha value is -1.14. The fourth-order valence-corrected chi connectivity index (χ4v) is 2.14. The molecule has 0 aromatic rings. The molecular weight excluding hydrogens is 248 g/mol. The van der Waals surface area contributed by atoms with Crippen molar-refractivity contribution in [1.82, 2.24) is 4.90 Å². The van der Waals surface area contributed by atoms with E-state index in [1.165, 1.54) is 0 Å². The summed E-state index contributed by atoms with van der Waals surface area (Å²) in [6, 6.07) is -0.443. The third-order valence-corrected chi connectivity index (χ3v) is 3.74. The van der Waals surface area contributed by atoms with Crippen molar-refractivity contribution in [3.63, 3.8) is 0 Å². The second kappa shape index (κ2) is 7.45. The summed E-state index contributed by atoms with van der Waals surface area (Å²) in [6.07, 6.45) is 2.16. The highest BCUT2D eigenvalue weighted by molar-refractivity contribution is 5.82. The van der Waals surface area contributed by atoms with Crippen LogP contribution in [0.3, 0.4) is 0 Å². The van der Waals surface area contributed by atoms with Crippen molar-refractivity contribution in [2.24, 2.45) is 11.7 Å². The van der Waals surface area contributed by atoms with Crippen LogP contribution in [0.25, 0.3) is 0 Å². The number of carbonyl (C=O) groups excluding carboxylic acids is 1. The lowest BCUT2D eigenvalue weighted by Crippen LogP contribution is -2.50. The number of hydrogen-bond donors (Lipinski definition) is 2.